The predicted octanol–water partition coefficient (Wildman–Crippen LogP) is 4.45. The average molecular weight is 333 g/mol. The molecule has 124 valence electrons. The summed E-state index contributed by atoms with van der Waals surface area (Å²) in [5.41, 5.74) is 2.73. The zero-order valence-electron chi connectivity index (χ0n) is 12.8. The Balaban J connectivity index is 1.73. The number of rotatable bonds is 4. The third-order valence-corrected chi connectivity index (χ3v) is 3.41. The maximum absolute atomic E-state index is 12.1. The van der Waals surface area contributed by atoms with Crippen LogP contribution >= 0.6 is 0 Å². The Bertz CT molecular complexity index is 848. The molecule has 0 saturated heterocycles. The van der Waals surface area contributed by atoms with Crippen LogP contribution in [0.15, 0.2) is 48.8 Å². The number of benzene rings is 2. The maximum Gasteiger partial charge on any atom is 0.573 e. The molecular formula is C17H14F3N3O. The Morgan fingerprint density at radius 1 is 1.04 bits per heavy atom. The number of nitrogens with zero attached hydrogens (tertiary/aromatic N) is 2. The number of fused-ring (bicyclic) bond motifs is 1. The van der Waals surface area contributed by atoms with Crippen LogP contribution < -0.4 is 10.1 Å². The molecule has 0 aliphatic rings. The Morgan fingerprint density at radius 2 is 1.79 bits per heavy atom. The molecule has 1 N–H and O–H groups in total. The van der Waals surface area contributed by atoms with Crippen LogP contribution in [-0.4, -0.2) is 16.3 Å². The number of hydrogen-bond acceptors (Lipinski definition) is 4. The largest absolute Gasteiger partial charge is 0.573 e. The molecule has 0 bridgehead atoms. The molecule has 0 saturated carbocycles. The molecule has 0 amide bonds. The second-order valence-electron chi connectivity index (χ2n) is 5.29. The van der Waals surface area contributed by atoms with Crippen LogP contribution in [0, 0.1) is 6.92 Å². The molecule has 0 unspecified atom stereocenters. The summed E-state index contributed by atoms with van der Waals surface area (Å²) < 4.78 is 40.3. The molecule has 0 fully saturated rings. The Labute approximate surface area is 136 Å². The highest BCUT2D eigenvalue weighted by Gasteiger charge is 2.30. The first-order chi connectivity index (χ1) is 11.4. The number of nitrogens with one attached hydrogen (secondary N) is 1. The molecule has 4 nitrogen and oxygen atoms in total. The van der Waals surface area contributed by atoms with E-state index in [1.165, 1.54) is 18.5 Å². The van der Waals surface area contributed by atoms with Gasteiger partial charge in [-0.3, -0.25) is 0 Å². The summed E-state index contributed by atoms with van der Waals surface area (Å²) >= 11 is 0. The zero-order chi connectivity index (χ0) is 17.2. The third kappa shape index (κ3) is 3.92. The number of alkyl halides is 3. The first-order valence-corrected chi connectivity index (χ1v) is 7.21. The van der Waals surface area contributed by atoms with Gasteiger partial charge >= 0.3 is 6.36 Å². The van der Waals surface area contributed by atoms with Crippen LogP contribution in [0.3, 0.4) is 0 Å². The molecule has 0 aliphatic carbocycles. The second kappa shape index (κ2) is 6.35. The van der Waals surface area contributed by atoms with Gasteiger partial charge in [-0.2, -0.15) is 0 Å². The standard InChI is InChI=1S/C17H14F3N3O/c1-11-2-7-15-14(8-11)16(23-10-22-15)21-9-12-3-5-13(6-4-12)24-17(18,19)20/h2-8,10H,9H2,1H3,(H,21,22,23). The van der Waals surface area contributed by atoms with Gasteiger partial charge in [-0.05, 0) is 36.8 Å². The van der Waals surface area contributed by atoms with Crippen molar-refractivity contribution in [2.24, 2.45) is 0 Å². The SMILES string of the molecule is Cc1ccc2ncnc(NCc3ccc(OC(F)(F)F)cc3)c2c1. The van der Waals surface area contributed by atoms with Gasteiger partial charge in [0.15, 0.2) is 0 Å². The third-order valence-electron chi connectivity index (χ3n) is 3.41. The summed E-state index contributed by atoms with van der Waals surface area (Å²) in [6.45, 7) is 2.40. The highest BCUT2D eigenvalue weighted by molar-refractivity contribution is 5.89. The Hall–Kier alpha value is -2.83. The molecule has 1 aromatic heterocycles. The van der Waals surface area contributed by atoms with Gasteiger partial charge in [0.05, 0.1) is 5.52 Å². The lowest BCUT2D eigenvalue weighted by molar-refractivity contribution is -0.274. The van der Waals surface area contributed by atoms with Gasteiger partial charge in [0.2, 0.25) is 0 Å². The quantitative estimate of drug-likeness (QED) is 0.766. The van der Waals surface area contributed by atoms with Crippen molar-refractivity contribution < 1.29 is 17.9 Å². The average Bonchev–Trinajstić information content (AvgIpc) is 2.53. The van der Waals surface area contributed by atoms with Crippen LogP contribution in [0.4, 0.5) is 19.0 Å². The smallest absolute Gasteiger partial charge is 0.406 e. The number of aryl methyl sites for hydroxylation is 1. The van der Waals surface area contributed by atoms with Crippen molar-refractivity contribution in [3.63, 3.8) is 0 Å². The van der Waals surface area contributed by atoms with Crippen LogP contribution in [0.25, 0.3) is 10.9 Å². The summed E-state index contributed by atoms with van der Waals surface area (Å²) in [6.07, 6.45) is -3.21. The summed E-state index contributed by atoms with van der Waals surface area (Å²) in [7, 11) is 0. The topological polar surface area (TPSA) is 47.0 Å². The Kier molecular flexibility index (Phi) is 4.24. The van der Waals surface area contributed by atoms with Gasteiger partial charge in [-0.15, -0.1) is 13.2 Å². The zero-order valence-corrected chi connectivity index (χ0v) is 12.8. The predicted molar refractivity (Wildman–Crippen MR) is 84.7 cm³/mol. The van der Waals surface area contributed by atoms with Crippen molar-refractivity contribution in [3.8, 4) is 5.75 Å². The minimum absolute atomic E-state index is 0.241. The Morgan fingerprint density at radius 3 is 2.50 bits per heavy atom. The summed E-state index contributed by atoms with van der Waals surface area (Å²) in [5.74, 6) is 0.439. The van der Waals surface area contributed by atoms with Crippen molar-refractivity contribution in [2.45, 2.75) is 19.8 Å². The first-order valence-electron chi connectivity index (χ1n) is 7.21. The highest BCUT2D eigenvalue weighted by atomic mass is 19.4. The van der Waals surface area contributed by atoms with Gasteiger partial charge in [0.1, 0.15) is 17.9 Å². The van der Waals surface area contributed by atoms with Crippen LogP contribution in [0.2, 0.25) is 0 Å². The van der Waals surface area contributed by atoms with Crippen LogP contribution in [0.1, 0.15) is 11.1 Å². The maximum atomic E-state index is 12.1. The monoisotopic (exact) mass is 333 g/mol. The van der Waals surface area contributed by atoms with Crippen LogP contribution in [-0.2, 0) is 6.54 Å². The van der Waals surface area contributed by atoms with Gasteiger partial charge in [-0.1, -0.05) is 23.8 Å². The van der Waals surface area contributed by atoms with Gasteiger partial charge in [0.25, 0.3) is 0 Å². The number of anilines is 1. The summed E-state index contributed by atoms with van der Waals surface area (Å²) in [6, 6.07) is 11.6. The lowest BCUT2D eigenvalue weighted by Gasteiger charge is -2.11. The minimum Gasteiger partial charge on any atom is -0.406 e. The lowest BCUT2D eigenvalue weighted by Crippen LogP contribution is -2.17. The number of halogens is 3. The summed E-state index contributed by atoms with van der Waals surface area (Å²) in [4.78, 5) is 8.44. The second-order valence-corrected chi connectivity index (χ2v) is 5.29. The van der Waals surface area contributed by atoms with Crippen molar-refractivity contribution in [2.75, 3.05) is 5.32 Å². The molecule has 24 heavy (non-hydrogen) atoms. The van der Waals surface area contributed by atoms with E-state index < -0.39 is 6.36 Å². The summed E-state index contributed by atoms with van der Waals surface area (Å²) in [5, 5.41) is 4.08. The highest BCUT2D eigenvalue weighted by Crippen LogP contribution is 2.24. The van der Waals surface area contributed by atoms with E-state index in [4.69, 9.17) is 0 Å². The van der Waals surface area contributed by atoms with Gasteiger partial charge in [-0.25, -0.2) is 9.97 Å². The normalized spacial score (nSPS) is 11.5. The van der Waals surface area contributed by atoms with E-state index in [9.17, 15) is 13.2 Å². The number of aromatic nitrogens is 2. The molecule has 0 radical (unpaired) electrons. The van der Waals surface area contributed by atoms with E-state index in [2.05, 4.69) is 20.0 Å². The van der Waals surface area contributed by atoms with Crippen molar-refractivity contribution in [3.05, 3.63) is 59.9 Å². The molecule has 3 aromatic rings. The lowest BCUT2D eigenvalue weighted by atomic mass is 10.1. The molecular weight excluding hydrogens is 319 g/mol. The van der Waals surface area contributed by atoms with E-state index >= 15 is 0 Å². The van der Waals surface area contributed by atoms with E-state index in [-0.39, 0.29) is 5.75 Å². The van der Waals surface area contributed by atoms with E-state index in [1.54, 1.807) is 12.1 Å². The molecule has 1 heterocycles. The van der Waals surface area contributed by atoms with Crippen molar-refractivity contribution in [1.82, 2.24) is 9.97 Å². The van der Waals surface area contributed by atoms with E-state index in [1.807, 2.05) is 25.1 Å². The fourth-order valence-electron chi connectivity index (χ4n) is 2.31. The number of hydrogen-bond donors (Lipinski definition) is 1. The molecule has 2 aromatic carbocycles. The molecule has 3 rings (SSSR count). The van der Waals surface area contributed by atoms with Gasteiger partial charge in [0, 0.05) is 11.9 Å². The molecule has 7 heteroatoms. The van der Waals surface area contributed by atoms with E-state index in [0.717, 1.165) is 22.0 Å². The molecule has 0 atom stereocenters. The molecule has 0 spiro atoms. The van der Waals surface area contributed by atoms with E-state index in [0.29, 0.717) is 12.4 Å². The first kappa shape index (κ1) is 16.0. The fraction of sp³-hybridized carbons (Fsp3) is 0.176. The number of ether oxygens (including phenoxy) is 1. The van der Waals surface area contributed by atoms with Crippen LogP contribution in [0.5, 0.6) is 5.75 Å². The molecule has 0 aliphatic heterocycles. The minimum atomic E-state index is -4.68. The van der Waals surface area contributed by atoms with Gasteiger partial charge < -0.3 is 10.1 Å². The van der Waals surface area contributed by atoms with Crippen molar-refractivity contribution >= 4 is 16.7 Å². The fourth-order valence-corrected chi connectivity index (χ4v) is 2.31. The van der Waals surface area contributed by atoms with Crippen molar-refractivity contribution in [1.29, 1.82) is 0 Å².